The molecule has 0 spiro atoms. The SMILES string of the molecule is CC(C)Nc1cnc(C(=O)Nc2ccc(Oc3ccccc3)cc2)cn1. The van der Waals surface area contributed by atoms with Gasteiger partial charge in [0.2, 0.25) is 0 Å². The van der Waals surface area contributed by atoms with Crippen molar-refractivity contribution in [3.05, 3.63) is 72.7 Å². The Kier molecular flexibility index (Phi) is 5.43. The minimum absolute atomic E-state index is 0.251. The lowest BCUT2D eigenvalue weighted by Gasteiger charge is -2.09. The Morgan fingerprint density at radius 3 is 2.23 bits per heavy atom. The number of aromatic nitrogens is 2. The zero-order valence-corrected chi connectivity index (χ0v) is 14.6. The van der Waals surface area contributed by atoms with Gasteiger partial charge in [0.05, 0.1) is 12.4 Å². The second-order valence-corrected chi connectivity index (χ2v) is 5.98. The van der Waals surface area contributed by atoms with Gasteiger partial charge in [-0.2, -0.15) is 0 Å². The second kappa shape index (κ2) is 8.11. The number of carbonyl (C=O) groups is 1. The number of carbonyl (C=O) groups excluding carboxylic acids is 1. The van der Waals surface area contributed by atoms with E-state index in [9.17, 15) is 4.79 Å². The average molecular weight is 348 g/mol. The molecule has 1 aromatic heterocycles. The fourth-order valence-electron chi connectivity index (χ4n) is 2.24. The average Bonchev–Trinajstić information content (AvgIpc) is 2.64. The van der Waals surface area contributed by atoms with Crippen molar-refractivity contribution in [2.45, 2.75) is 19.9 Å². The number of ether oxygens (including phenoxy) is 1. The number of hydrogen-bond donors (Lipinski definition) is 2. The first-order valence-corrected chi connectivity index (χ1v) is 8.33. The fourth-order valence-corrected chi connectivity index (χ4v) is 2.24. The van der Waals surface area contributed by atoms with Crippen LogP contribution in [0.3, 0.4) is 0 Å². The van der Waals surface area contributed by atoms with E-state index in [-0.39, 0.29) is 17.6 Å². The number of benzene rings is 2. The molecule has 0 aliphatic rings. The van der Waals surface area contributed by atoms with Crippen molar-refractivity contribution < 1.29 is 9.53 Å². The molecule has 1 heterocycles. The molecule has 0 bridgehead atoms. The summed E-state index contributed by atoms with van der Waals surface area (Å²) in [6.45, 7) is 4.01. The lowest BCUT2D eigenvalue weighted by molar-refractivity contribution is 0.102. The topological polar surface area (TPSA) is 76.1 Å². The zero-order valence-electron chi connectivity index (χ0n) is 14.6. The van der Waals surface area contributed by atoms with E-state index in [2.05, 4.69) is 20.6 Å². The Morgan fingerprint density at radius 1 is 0.923 bits per heavy atom. The molecule has 0 saturated heterocycles. The summed E-state index contributed by atoms with van der Waals surface area (Å²) in [5.74, 6) is 1.78. The van der Waals surface area contributed by atoms with Gasteiger partial charge in [0.15, 0.2) is 0 Å². The Hall–Kier alpha value is -3.41. The zero-order chi connectivity index (χ0) is 18.4. The maximum absolute atomic E-state index is 12.3. The van der Waals surface area contributed by atoms with Gasteiger partial charge in [0.1, 0.15) is 23.0 Å². The van der Waals surface area contributed by atoms with Crippen LogP contribution in [0.1, 0.15) is 24.3 Å². The number of para-hydroxylation sites is 1. The van der Waals surface area contributed by atoms with Crippen molar-refractivity contribution >= 4 is 17.4 Å². The summed E-state index contributed by atoms with van der Waals surface area (Å²) in [6.07, 6.45) is 3.00. The lowest BCUT2D eigenvalue weighted by Crippen LogP contribution is -2.16. The van der Waals surface area contributed by atoms with Crippen LogP contribution < -0.4 is 15.4 Å². The molecule has 1 amide bonds. The number of nitrogens with zero attached hydrogens (tertiary/aromatic N) is 2. The maximum Gasteiger partial charge on any atom is 0.275 e. The van der Waals surface area contributed by atoms with Crippen LogP contribution in [0.25, 0.3) is 0 Å². The molecular weight excluding hydrogens is 328 g/mol. The van der Waals surface area contributed by atoms with Crippen molar-refractivity contribution in [3.63, 3.8) is 0 Å². The molecule has 0 atom stereocenters. The van der Waals surface area contributed by atoms with E-state index in [1.165, 1.54) is 6.20 Å². The van der Waals surface area contributed by atoms with Crippen molar-refractivity contribution in [2.24, 2.45) is 0 Å². The molecule has 0 saturated carbocycles. The second-order valence-electron chi connectivity index (χ2n) is 5.98. The van der Waals surface area contributed by atoms with Crippen molar-refractivity contribution in [1.29, 1.82) is 0 Å². The summed E-state index contributed by atoms with van der Waals surface area (Å²) in [4.78, 5) is 20.6. The fraction of sp³-hybridized carbons (Fsp3) is 0.150. The van der Waals surface area contributed by atoms with Crippen LogP contribution in [-0.2, 0) is 0 Å². The minimum Gasteiger partial charge on any atom is -0.457 e. The third kappa shape index (κ3) is 4.80. The number of rotatable bonds is 6. The number of anilines is 2. The summed E-state index contributed by atoms with van der Waals surface area (Å²) in [6, 6.07) is 16.9. The maximum atomic E-state index is 12.3. The van der Waals surface area contributed by atoms with E-state index in [4.69, 9.17) is 4.74 Å². The van der Waals surface area contributed by atoms with Gasteiger partial charge in [-0.1, -0.05) is 18.2 Å². The predicted molar refractivity (Wildman–Crippen MR) is 102 cm³/mol. The number of nitrogens with one attached hydrogen (secondary N) is 2. The van der Waals surface area contributed by atoms with Crippen LogP contribution in [0.2, 0.25) is 0 Å². The molecule has 0 aliphatic carbocycles. The van der Waals surface area contributed by atoms with Crippen molar-refractivity contribution in [3.8, 4) is 11.5 Å². The Labute approximate surface area is 152 Å². The van der Waals surface area contributed by atoms with Gasteiger partial charge in [-0.15, -0.1) is 0 Å². The molecule has 0 unspecified atom stereocenters. The van der Waals surface area contributed by atoms with E-state index in [1.807, 2.05) is 44.2 Å². The molecule has 3 aromatic rings. The molecule has 0 radical (unpaired) electrons. The van der Waals surface area contributed by atoms with Gasteiger partial charge in [-0.25, -0.2) is 9.97 Å². The molecule has 3 rings (SSSR count). The molecule has 132 valence electrons. The van der Waals surface area contributed by atoms with Crippen LogP contribution in [0.15, 0.2) is 67.0 Å². The summed E-state index contributed by atoms with van der Waals surface area (Å²) < 4.78 is 5.73. The first-order valence-electron chi connectivity index (χ1n) is 8.33. The first kappa shape index (κ1) is 17.4. The highest BCUT2D eigenvalue weighted by molar-refractivity contribution is 6.02. The Bertz CT molecular complexity index is 847. The van der Waals surface area contributed by atoms with Gasteiger partial charge in [0.25, 0.3) is 5.91 Å². The summed E-state index contributed by atoms with van der Waals surface area (Å²) in [5.41, 5.74) is 0.908. The number of amides is 1. The predicted octanol–water partition coefficient (Wildman–Crippen LogP) is 4.34. The van der Waals surface area contributed by atoms with E-state index in [0.717, 1.165) is 5.75 Å². The van der Waals surface area contributed by atoms with Crippen LogP contribution in [-0.4, -0.2) is 21.9 Å². The molecule has 2 N–H and O–H groups in total. The largest absolute Gasteiger partial charge is 0.457 e. The quantitative estimate of drug-likeness (QED) is 0.693. The van der Waals surface area contributed by atoms with Crippen LogP contribution in [0.4, 0.5) is 11.5 Å². The van der Waals surface area contributed by atoms with Crippen LogP contribution in [0.5, 0.6) is 11.5 Å². The van der Waals surface area contributed by atoms with E-state index >= 15 is 0 Å². The highest BCUT2D eigenvalue weighted by atomic mass is 16.5. The van der Waals surface area contributed by atoms with E-state index < -0.39 is 0 Å². The molecule has 26 heavy (non-hydrogen) atoms. The molecular formula is C20H20N4O2. The van der Waals surface area contributed by atoms with Crippen molar-refractivity contribution in [1.82, 2.24) is 9.97 Å². The Morgan fingerprint density at radius 2 is 1.62 bits per heavy atom. The molecule has 2 aromatic carbocycles. The lowest BCUT2D eigenvalue weighted by atomic mass is 10.3. The first-order chi connectivity index (χ1) is 12.6. The third-order valence-corrected chi connectivity index (χ3v) is 3.41. The third-order valence-electron chi connectivity index (χ3n) is 3.41. The van der Waals surface area contributed by atoms with Gasteiger partial charge >= 0.3 is 0 Å². The molecule has 6 heteroatoms. The van der Waals surface area contributed by atoms with Gasteiger partial charge in [-0.3, -0.25) is 4.79 Å². The van der Waals surface area contributed by atoms with E-state index in [0.29, 0.717) is 17.3 Å². The highest BCUT2D eigenvalue weighted by Crippen LogP contribution is 2.22. The number of hydrogen-bond acceptors (Lipinski definition) is 5. The molecule has 0 fully saturated rings. The van der Waals surface area contributed by atoms with Crippen molar-refractivity contribution in [2.75, 3.05) is 10.6 Å². The smallest absolute Gasteiger partial charge is 0.275 e. The minimum atomic E-state index is -0.315. The highest BCUT2D eigenvalue weighted by Gasteiger charge is 2.09. The Balaban J connectivity index is 1.60. The normalized spacial score (nSPS) is 10.4. The van der Waals surface area contributed by atoms with Gasteiger partial charge in [-0.05, 0) is 50.2 Å². The molecule has 6 nitrogen and oxygen atoms in total. The summed E-state index contributed by atoms with van der Waals surface area (Å²) >= 11 is 0. The van der Waals surface area contributed by atoms with Crippen LogP contribution >= 0.6 is 0 Å². The molecule has 0 aliphatic heterocycles. The van der Waals surface area contributed by atoms with E-state index in [1.54, 1.807) is 30.5 Å². The van der Waals surface area contributed by atoms with Crippen LogP contribution in [0, 0.1) is 0 Å². The standard InChI is InChI=1S/C20H20N4O2/c1-14(2)23-19-13-21-18(12-22-19)20(25)24-15-8-10-17(11-9-15)26-16-6-4-3-5-7-16/h3-14H,1-2H3,(H,22,23)(H,24,25). The summed E-state index contributed by atoms with van der Waals surface area (Å²) in [7, 11) is 0. The van der Waals surface area contributed by atoms with Gasteiger partial charge < -0.3 is 15.4 Å². The monoisotopic (exact) mass is 348 g/mol. The van der Waals surface area contributed by atoms with Gasteiger partial charge in [0, 0.05) is 11.7 Å². The summed E-state index contributed by atoms with van der Waals surface area (Å²) in [5, 5.41) is 5.92.